The third-order valence-electron chi connectivity index (χ3n) is 4.90. The van der Waals surface area contributed by atoms with Gasteiger partial charge in [0.2, 0.25) is 5.95 Å². The molecule has 3 aromatic carbocycles. The van der Waals surface area contributed by atoms with Gasteiger partial charge < -0.3 is 15.5 Å². The minimum Gasteiger partial charge on any atom is -0.378 e. The highest BCUT2D eigenvalue weighted by atomic mass is 15.2. The Morgan fingerprint density at radius 1 is 0.793 bits per heavy atom. The van der Waals surface area contributed by atoms with E-state index in [1.807, 2.05) is 56.6 Å². The van der Waals surface area contributed by atoms with E-state index in [2.05, 4.69) is 58.9 Å². The Balaban J connectivity index is 1.65. The summed E-state index contributed by atoms with van der Waals surface area (Å²) in [7, 11) is 4.06. The van der Waals surface area contributed by atoms with Gasteiger partial charge in [-0.25, -0.2) is 4.98 Å². The van der Waals surface area contributed by atoms with Crippen LogP contribution in [0.25, 0.3) is 10.9 Å². The molecular weight excluding hydrogens is 358 g/mol. The van der Waals surface area contributed by atoms with Gasteiger partial charge in [-0.05, 0) is 48.9 Å². The normalized spacial score (nSPS) is 11.8. The van der Waals surface area contributed by atoms with Crippen molar-refractivity contribution in [1.82, 2.24) is 9.97 Å². The molecule has 4 rings (SSSR count). The van der Waals surface area contributed by atoms with Crippen LogP contribution in [0.5, 0.6) is 0 Å². The van der Waals surface area contributed by atoms with Gasteiger partial charge >= 0.3 is 0 Å². The van der Waals surface area contributed by atoms with Gasteiger partial charge in [-0.2, -0.15) is 4.98 Å². The third-order valence-corrected chi connectivity index (χ3v) is 4.90. The van der Waals surface area contributed by atoms with E-state index in [1.54, 1.807) is 0 Å². The van der Waals surface area contributed by atoms with Crippen LogP contribution in [0.2, 0.25) is 0 Å². The number of para-hydroxylation sites is 1. The first-order valence-electron chi connectivity index (χ1n) is 9.73. The molecule has 4 aromatic rings. The van der Waals surface area contributed by atoms with Crippen LogP contribution in [0.3, 0.4) is 0 Å². The van der Waals surface area contributed by atoms with E-state index < -0.39 is 0 Å². The first kappa shape index (κ1) is 18.7. The van der Waals surface area contributed by atoms with Crippen LogP contribution in [-0.4, -0.2) is 24.1 Å². The van der Waals surface area contributed by atoms with Crippen molar-refractivity contribution in [3.05, 3.63) is 84.4 Å². The third kappa shape index (κ3) is 4.29. The molecule has 1 heterocycles. The van der Waals surface area contributed by atoms with Gasteiger partial charge in [0.05, 0.1) is 5.52 Å². The van der Waals surface area contributed by atoms with Crippen molar-refractivity contribution in [2.75, 3.05) is 29.6 Å². The van der Waals surface area contributed by atoms with Crippen molar-refractivity contribution >= 4 is 34.0 Å². The van der Waals surface area contributed by atoms with Crippen LogP contribution in [0.15, 0.2) is 78.9 Å². The molecule has 1 atom stereocenters. The standard InChI is InChI=1S/C24H25N5/c1-17(18-9-5-4-6-10-18)25-23-21-11-7-8-12-22(21)27-24(28-23)26-19-13-15-20(16-14-19)29(2)3/h4-17H,1-3H3,(H2,25,26,27,28). The van der Waals surface area contributed by atoms with Crippen LogP contribution in [0, 0.1) is 0 Å². The molecular formula is C24H25N5. The molecule has 1 unspecified atom stereocenters. The van der Waals surface area contributed by atoms with Gasteiger partial charge in [-0.3, -0.25) is 0 Å². The van der Waals surface area contributed by atoms with Crippen molar-refractivity contribution in [3.8, 4) is 0 Å². The zero-order chi connectivity index (χ0) is 20.2. The summed E-state index contributed by atoms with van der Waals surface area (Å²) in [6, 6.07) is 26.8. The van der Waals surface area contributed by atoms with Crippen molar-refractivity contribution in [1.29, 1.82) is 0 Å². The van der Waals surface area contributed by atoms with E-state index in [-0.39, 0.29) is 6.04 Å². The second-order valence-corrected chi connectivity index (χ2v) is 7.26. The van der Waals surface area contributed by atoms with Crippen LogP contribution in [0.4, 0.5) is 23.1 Å². The molecule has 146 valence electrons. The molecule has 2 N–H and O–H groups in total. The quantitative estimate of drug-likeness (QED) is 0.453. The van der Waals surface area contributed by atoms with E-state index in [0.717, 1.165) is 28.1 Å². The molecule has 0 radical (unpaired) electrons. The predicted molar refractivity (Wildman–Crippen MR) is 122 cm³/mol. The van der Waals surface area contributed by atoms with E-state index in [0.29, 0.717) is 5.95 Å². The van der Waals surface area contributed by atoms with Gasteiger partial charge in [0.25, 0.3) is 0 Å². The Bertz CT molecular complexity index is 1090. The number of aromatic nitrogens is 2. The van der Waals surface area contributed by atoms with Gasteiger partial charge in [-0.15, -0.1) is 0 Å². The monoisotopic (exact) mass is 383 g/mol. The molecule has 0 fully saturated rings. The molecule has 29 heavy (non-hydrogen) atoms. The van der Waals surface area contributed by atoms with Crippen LogP contribution >= 0.6 is 0 Å². The zero-order valence-electron chi connectivity index (χ0n) is 16.9. The average molecular weight is 383 g/mol. The maximum absolute atomic E-state index is 4.78. The summed E-state index contributed by atoms with van der Waals surface area (Å²) < 4.78 is 0. The van der Waals surface area contributed by atoms with Gasteiger partial charge in [0.1, 0.15) is 5.82 Å². The fourth-order valence-corrected chi connectivity index (χ4v) is 3.24. The number of anilines is 4. The minimum absolute atomic E-state index is 0.127. The number of rotatable bonds is 6. The Hall–Kier alpha value is -3.60. The Kier molecular flexibility index (Phi) is 5.29. The lowest BCUT2D eigenvalue weighted by atomic mass is 10.1. The van der Waals surface area contributed by atoms with Gasteiger partial charge in [0.15, 0.2) is 0 Å². The molecule has 0 bridgehead atoms. The summed E-state index contributed by atoms with van der Waals surface area (Å²) in [4.78, 5) is 11.5. The molecule has 0 aliphatic heterocycles. The lowest BCUT2D eigenvalue weighted by molar-refractivity contribution is 0.876. The fraction of sp³-hybridized carbons (Fsp3) is 0.167. The summed E-state index contributed by atoms with van der Waals surface area (Å²) >= 11 is 0. The fourth-order valence-electron chi connectivity index (χ4n) is 3.24. The van der Waals surface area contributed by atoms with Gasteiger partial charge in [-0.1, -0.05) is 42.5 Å². The van der Waals surface area contributed by atoms with E-state index in [4.69, 9.17) is 9.97 Å². The van der Waals surface area contributed by atoms with Gasteiger partial charge in [0, 0.05) is 36.9 Å². The number of nitrogens with zero attached hydrogens (tertiary/aromatic N) is 3. The molecule has 0 aliphatic carbocycles. The second kappa shape index (κ2) is 8.19. The van der Waals surface area contributed by atoms with Crippen LogP contribution in [0.1, 0.15) is 18.5 Å². The summed E-state index contributed by atoms with van der Waals surface area (Å²) in [6.07, 6.45) is 0. The SMILES string of the molecule is CC(Nc1nc(Nc2ccc(N(C)C)cc2)nc2ccccc12)c1ccccc1. The average Bonchev–Trinajstić information content (AvgIpc) is 2.75. The highest BCUT2D eigenvalue weighted by molar-refractivity contribution is 5.90. The van der Waals surface area contributed by atoms with E-state index >= 15 is 0 Å². The van der Waals surface area contributed by atoms with Crippen LogP contribution in [-0.2, 0) is 0 Å². The molecule has 0 saturated carbocycles. The highest BCUT2D eigenvalue weighted by Crippen LogP contribution is 2.27. The van der Waals surface area contributed by atoms with Crippen molar-refractivity contribution < 1.29 is 0 Å². The molecule has 0 saturated heterocycles. The molecule has 5 nitrogen and oxygen atoms in total. The maximum atomic E-state index is 4.78. The number of hydrogen-bond donors (Lipinski definition) is 2. The first-order valence-corrected chi connectivity index (χ1v) is 9.73. The second-order valence-electron chi connectivity index (χ2n) is 7.26. The van der Waals surface area contributed by atoms with Crippen LogP contribution < -0.4 is 15.5 Å². The van der Waals surface area contributed by atoms with Crippen molar-refractivity contribution in [2.45, 2.75) is 13.0 Å². The molecule has 5 heteroatoms. The summed E-state index contributed by atoms with van der Waals surface area (Å²) in [5.74, 6) is 1.39. The molecule has 0 amide bonds. The Morgan fingerprint density at radius 2 is 1.48 bits per heavy atom. The zero-order valence-corrected chi connectivity index (χ0v) is 16.9. The number of benzene rings is 3. The molecule has 1 aromatic heterocycles. The van der Waals surface area contributed by atoms with Crippen molar-refractivity contribution in [2.24, 2.45) is 0 Å². The highest BCUT2D eigenvalue weighted by Gasteiger charge is 2.12. The van der Waals surface area contributed by atoms with E-state index in [1.165, 1.54) is 5.56 Å². The topological polar surface area (TPSA) is 53.1 Å². The smallest absolute Gasteiger partial charge is 0.229 e. The number of hydrogen-bond acceptors (Lipinski definition) is 5. The Labute approximate surface area is 171 Å². The lowest BCUT2D eigenvalue weighted by Gasteiger charge is -2.18. The minimum atomic E-state index is 0.127. The lowest BCUT2D eigenvalue weighted by Crippen LogP contribution is -2.10. The van der Waals surface area contributed by atoms with Crippen molar-refractivity contribution in [3.63, 3.8) is 0 Å². The number of fused-ring (bicyclic) bond motifs is 1. The number of nitrogens with one attached hydrogen (secondary N) is 2. The van der Waals surface area contributed by atoms with E-state index in [9.17, 15) is 0 Å². The largest absolute Gasteiger partial charge is 0.378 e. The summed E-state index contributed by atoms with van der Waals surface area (Å²) in [6.45, 7) is 2.14. The Morgan fingerprint density at radius 3 is 2.21 bits per heavy atom. The molecule has 0 aliphatic rings. The summed E-state index contributed by atoms with van der Waals surface area (Å²) in [5, 5.41) is 7.89. The molecule has 0 spiro atoms. The summed E-state index contributed by atoms with van der Waals surface area (Å²) in [5.41, 5.74) is 4.21. The predicted octanol–water partition coefficient (Wildman–Crippen LogP) is 5.61. The maximum Gasteiger partial charge on any atom is 0.229 e. The first-order chi connectivity index (χ1) is 14.1.